The monoisotopic (exact) mass is 266 g/mol. The number of nitrogens with zero attached hydrogens (tertiary/aromatic N) is 2. The zero-order valence-corrected chi connectivity index (χ0v) is 11.7. The minimum atomic E-state index is 0.252. The second kappa shape index (κ2) is 5.66. The molecule has 3 heterocycles. The standard InChI is InChI=1S/C14H22N2OS/c17-9-13-4-1-5-14-15-12(8-16(13)14)7-11-3-2-6-18-10-11/h8,11,13,17H,1-7,9-10H2. The van der Waals surface area contributed by atoms with Crippen molar-refractivity contribution in [2.24, 2.45) is 5.92 Å². The van der Waals surface area contributed by atoms with E-state index < -0.39 is 0 Å². The minimum absolute atomic E-state index is 0.252. The van der Waals surface area contributed by atoms with Gasteiger partial charge in [0, 0.05) is 12.6 Å². The first-order valence-corrected chi connectivity index (χ1v) is 8.27. The second-order valence-corrected chi connectivity index (χ2v) is 6.72. The summed E-state index contributed by atoms with van der Waals surface area (Å²) in [4.78, 5) is 4.79. The fourth-order valence-corrected chi connectivity index (χ4v) is 4.32. The molecule has 0 bridgehead atoms. The molecule has 1 aromatic heterocycles. The van der Waals surface area contributed by atoms with Crippen molar-refractivity contribution < 1.29 is 5.11 Å². The molecule has 3 rings (SSSR count). The molecule has 4 heteroatoms. The Morgan fingerprint density at radius 3 is 3.11 bits per heavy atom. The Balaban J connectivity index is 1.71. The zero-order valence-electron chi connectivity index (χ0n) is 10.8. The first-order valence-electron chi connectivity index (χ1n) is 7.12. The number of thioether (sulfide) groups is 1. The molecule has 1 saturated heterocycles. The van der Waals surface area contributed by atoms with Crippen molar-refractivity contribution in [3.8, 4) is 0 Å². The van der Waals surface area contributed by atoms with E-state index in [-0.39, 0.29) is 12.6 Å². The molecule has 1 fully saturated rings. The molecule has 0 saturated carbocycles. The molecule has 2 unspecified atom stereocenters. The normalized spacial score (nSPS) is 28.1. The lowest BCUT2D eigenvalue weighted by atomic mass is 10.00. The van der Waals surface area contributed by atoms with Crippen LogP contribution in [-0.2, 0) is 12.8 Å². The van der Waals surface area contributed by atoms with E-state index in [4.69, 9.17) is 4.98 Å². The molecular weight excluding hydrogens is 244 g/mol. The number of aliphatic hydroxyl groups excluding tert-OH is 1. The van der Waals surface area contributed by atoms with Crippen LogP contribution in [0.4, 0.5) is 0 Å². The Morgan fingerprint density at radius 1 is 1.39 bits per heavy atom. The lowest BCUT2D eigenvalue weighted by Gasteiger charge is -2.22. The van der Waals surface area contributed by atoms with E-state index in [2.05, 4.69) is 22.5 Å². The highest BCUT2D eigenvalue weighted by Crippen LogP contribution is 2.28. The molecule has 2 atom stereocenters. The van der Waals surface area contributed by atoms with Crippen molar-refractivity contribution in [3.63, 3.8) is 0 Å². The Morgan fingerprint density at radius 2 is 2.33 bits per heavy atom. The summed E-state index contributed by atoms with van der Waals surface area (Å²) in [6, 6.07) is 0.274. The second-order valence-electron chi connectivity index (χ2n) is 5.57. The molecule has 100 valence electrons. The molecule has 2 aliphatic rings. The lowest BCUT2D eigenvalue weighted by molar-refractivity contribution is 0.206. The van der Waals surface area contributed by atoms with Gasteiger partial charge < -0.3 is 9.67 Å². The maximum atomic E-state index is 9.42. The number of imidazole rings is 1. The summed E-state index contributed by atoms with van der Waals surface area (Å²) in [5, 5.41) is 9.42. The zero-order chi connectivity index (χ0) is 12.4. The van der Waals surface area contributed by atoms with E-state index in [9.17, 15) is 5.11 Å². The molecule has 18 heavy (non-hydrogen) atoms. The van der Waals surface area contributed by atoms with Crippen LogP contribution in [0.5, 0.6) is 0 Å². The van der Waals surface area contributed by atoms with Crippen LogP contribution >= 0.6 is 11.8 Å². The van der Waals surface area contributed by atoms with Gasteiger partial charge in [0.1, 0.15) is 5.82 Å². The highest BCUT2D eigenvalue weighted by molar-refractivity contribution is 7.99. The topological polar surface area (TPSA) is 38.1 Å². The van der Waals surface area contributed by atoms with Gasteiger partial charge in [-0.2, -0.15) is 11.8 Å². The van der Waals surface area contributed by atoms with Crippen molar-refractivity contribution in [2.45, 2.75) is 44.6 Å². The van der Waals surface area contributed by atoms with Gasteiger partial charge in [-0.3, -0.25) is 0 Å². The number of aryl methyl sites for hydroxylation is 1. The Hall–Kier alpha value is -0.480. The van der Waals surface area contributed by atoms with Crippen LogP contribution in [0.2, 0.25) is 0 Å². The van der Waals surface area contributed by atoms with Gasteiger partial charge in [0.2, 0.25) is 0 Å². The predicted octanol–water partition coefficient (Wildman–Crippen LogP) is 2.44. The largest absolute Gasteiger partial charge is 0.394 e. The van der Waals surface area contributed by atoms with Crippen LogP contribution in [0.3, 0.4) is 0 Å². The molecule has 0 radical (unpaired) electrons. The highest BCUT2D eigenvalue weighted by atomic mass is 32.2. The summed E-state index contributed by atoms with van der Waals surface area (Å²) in [5.74, 6) is 4.64. The average Bonchev–Trinajstić information content (AvgIpc) is 2.82. The van der Waals surface area contributed by atoms with E-state index in [0.717, 1.165) is 25.2 Å². The van der Waals surface area contributed by atoms with Crippen LogP contribution in [-0.4, -0.2) is 32.8 Å². The fraction of sp³-hybridized carbons (Fsp3) is 0.786. The van der Waals surface area contributed by atoms with Gasteiger partial charge in [-0.25, -0.2) is 4.98 Å². The van der Waals surface area contributed by atoms with E-state index in [1.165, 1.54) is 42.3 Å². The van der Waals surface area contributed by atoms with E-state index in [1.807, 2.05) is 0 Å². The first kappa shape index (κ1) is 12.5. The van der Waals surface area contributed by atoms with Gasteiger partial charge in [-0.1, -0.05) is 0 Å². The summed E-state index contributed by atoms with van der Waals surface area (Å²) in [7, 11) is 0. The maximum absolute atomic E-state index is 9.42. The summed E-state index contributed by atoms with van der Waals surface area (Å²) in [6.45, 7) is 0.252. The molecule has 2 aliphatic heterocycles. The van der Waals surface area contributed by atoms with Gasteiger partial charge in [0.25, 0.3) is 0 Å². The molecule has 1 N–H and O–H groups in total. The number of aromatic nitrogens is 2. The number of hydrogen-bond donors (Lipinski definition) is 1. The van der Waals surface area contributed by atoms with E-state index >= 15 is 0 Å². The SMILES string of the molecule is OCC1CCCc2nc(CC3CCCSC3)cn21. The molecule has 0 aliphatic carbocycles. The molecule has 0 spiro atoms. The first-order chi connectivity index (χ1) is 8.86. The molecule has 1 aromatic rings. The van der Waals surface area contributed by atoms with Gasteiger partial charge in [-0.05, 0) is 49.5 Å². The van der Waals surface area contributed by atoms with E-state index in [0.29, 0.717) is 0 Å². The third kappa shape index (κ3) is 2.59. The van der Waals surface area contributed by atoms with Crippen molar-refractivity contribution in [1.29, 1.82) is 0 Å². The summed E-state index contributed by atoms with van der Waals surface area (Å²) < 4.78 is 2.23. The van der Waals surface area contributed by atoms with Gasteiger partial charge >= 0.3 is 0 Å². The number of aliphatic hydroxyl groups is 1. The molecule has 3 nitrogen and oxygen atoms in total. The minimum Gasteiger partial charge on any atom is -0.394 e. The van der Waals surface area contributed by atoms with E-state index in [1.54, 1.807) is 0 Å². The van der Waals surface area contributed by atoms with Crippen LogP contribution in [0.15, 0.2) is 6.20 Å². The highest BCUT2D eigenvalue weighted by Gasteiger charge is 2.22. The van der Waals surface area contributed by atoms with Crippen molar-refractivity contribution in [3.05, 3.63) is 17.7 Å². The summed E-state index contributed by atoms with van der Waals surface area (Å²) >= 11 is 2.09. The average molecular weight is 266 g/mol. The van der Waals surface area contributed by atoms with Crippen molar-refractivity contribution in [1.82, 2.24) is 9.55 Å². The predicted molar refractivity (Wildman–Crippen MR) is 75.0 cm³/mol. The third-order valence-corrected chi connectivity index (χ3v) is 5.44. The van der Waals surface area contributed by atoms with Crippen molar-refractivity contribution in [2.75, 3.05) is 18.1 Å². The Kier molecular flexibility index (Phi) is 3.94. The number of fused-ring (bicyclic) bond motifs is 1. The lowest BCUT2D eigenvalue weighted by Crippen LogP contribution is -2.20. The summed E-state index contributed by atoms with van der Waals surface area (Å²) in [5.41, 5.74) is 1.25. The third-order valence-electron chi connectivity index (χ3n) is 4.15. The molecule has 0 amide bonds. The summed E-state index contributed by atoms with van der Waals surface area (Å²) in [6.07, 6.45) is 9.40. The smallest absolute Gasteiger partial charge is 0.109 e. The maximum Gasteiger partial charge on any atom is 0.109 e. The van der Waals surface area contributed by atoms with Gasteiger partial charge in [-0.15, -0.1) is 0 Å². The Bertz CT molecular complexity index is 398. The molecular formula is C14H22N2OS. The van der Waals surface area contributed by atoms with Crippen molar-refractivity contribution >= 4 is 11.8 Å². The van der Waals surface area contributed by atoms with Gasteiger partial charge in [0.05, 0.1) is 18.3 Å². The van der Waals surface area contributed by atoms with Gasteiger partial charge in [0.15, 0.2) is 0 Å². The van der Waals surface area contributed by atoms with Crippen LogP contribution < -0.4 is 0 Å². The molecule has 0 aromatic carbocycles. The number of hydrogen-bond acceptors (Lipinski definition) is 3. The number of rotatable bonds is 3. The van der Waals surface area contributed by atoms with Crippen LogP contribution in [0.1, 0.15) is 43.2 Å². The van der Waals surface area contributed by atoms with Crippen LogP contribution in [0.25, 0.3) is 0 Å². The Labute approximate surface area is 113 Å². The quantitative estimate of drug-likeness (QED) is 0.913. The van der Waals surface area contributed by atoms with Crippen LogP contribution in [0, 0.1) is 5.92 Å². The fourth-order valence-electron chi connectivity index (χ4n) is 3.17.